The van der Waals surface area contributed by atoms with Crippen LogP contribution in [0, 0.1) is 0 Å². The number of aromatic nitrogens is 3. The van der Waals surface area contributed by atoms with Gasteiger partial charge in [-0.3, -0.25) is 14.2 Å². The number of fused-ring (bicyclic) bond motifs is 2. The lowest BCUT2D eigenvalue weighted by Gasteiger charge is -2.15. The first kappa shape index (κ1) is 18.8. The van der Waals surface area contributed by atoms with Gasteiger partial charge in [0.25, 0.3) is 5.56 Å². The summed E-state index contributed by atoms with van der Waals surface area (Å²) >= 11 is 2.73. The Bertz CT molecular complexity index is 1430. The van der Waals surface area contributed by atoms with Gasteiger partial charge in [-0.15, -0.1) is 11.3 Å². The van der Waals surface area contributed by atoms with Gasteiger partial charge in [0.05, 0.1) is 16.3 Å². The summed E-state index contributed by atoms with van der Waals surface area (Å²) in [6, 6.07) is 19.0. The minimum atomic E-state index is -0.413. The van der Waals surface area contributed by atoms with Crippen LogP contribution in [0.4, 0.5) is 0 Å². The summed E-state index contributed by atoms with van der Waals surface area (Å²) in [5.74, 6) is -0.00223. The number of thioether (sulfide) groups is 1. The number of hydrogen-bond acceptors (Lipinski definition) is 5. The minimum absolute atomic E-state index is 0.00223. The van der Waals surface area contributed by atoms with Crippen molar-refractivity contribution in [3.63, 3.8) is 0 Å². The summed E-state index contributed by atoms with van der Waals surface area (Å²) in [6.45, 7) is 1.86. The largest absolute Gasteiger partial charge is 0.360 e. The summed E-state index contributed by atoms with van der Waals surface area (Å²) < 4.78 is 1.60. The first-order valence-corrected chi connectivity index (χ1v) is 11.2. The highest BCUT2D eigenvalue weighted by molar-refractivity contribution is 8.00. The van der Waals surface area contributed by atoms with Crippen LogP contribution in [0.25, 0.3) is 26.8 Å². The monoisotopic (exact) mass is 431 g/mol. The van der Waals surface area contributed by atoms with Crippen molar-refractivity contribution in [3.05, 3.63) is 88.2 Å². The number of carbonyl (C=O) groups excluding carboxylic acids is 1. The standard InChI is InChI=1S/C23H17N3O2S2/c1-14(20(27)18-13-24-19-10-6-5-9-16(18)19)30-23-25-21-17(11-12-29-21)22(28)26(23)15-7-3-2-4-8-15/h2-14,24H,1H3. The van der Waals surface area contributed by atoms with E-state index in [1.54, 1.807) is 16.8 Å². The number of Topliss-reactive ketones (excluding diaryl/α,β-unsaturated/α-hetero) is 1. The molecule has 5 rings (SSSR count). The summed E-state index contributed by atoms with van der Waals surface area (Å²) in [7, 11) is 0. The van der Waals surface area contributed by atoms with Gasteiger partial charge in [-0.25, -0.2) is 4.98 Å². The molecule has 0 aliphatic carbocycles. The van der Waals surface area contributed by atoms with E-state index in [0.29, 0.717) is 20.9 Å². The van der Waals surface area contributed by atoms with Gasteiger partial charge in [-0.05, 0) is 36.6 Å². The van der Waals surface area contributed by atoms with Gasteiger partial charge in [0.15, 0.2) is 10.9 Å². The second-order valence-corrected chi connectivity index (χ2v) is 9.08. The Hall–Kier alpha value is -3.16. The highest BCUT2D eigenvalue weighted by Gasteiger charge is 2.23. The van der Waals surface area contributed by atoms with Gasteiger partial charge in [0.2, 0.25) is 0 Å². The molecule has 1 unspecified atom stereocenters. The summed E-state index contributed by atoms with van der Waals surface area (Å²) in [5.41, 5.74) is 2.19. The lowest BCUT2D eigenvalue weighted by molar-refractivity contribution is 0.0995. The van der Waals surface area contributed by atoms with Gasteiger partial charge in [-0.1, -0.05) is 48.2 Å². The van der Waals surface area contributed by atoms with Crippen molar-refractivity contribution in [1.29, 1.82) is 0 Å². The lowest BCUT2D eigenvalue weighted by atomic mass is 10.1. The SMILES string of the molecule is CC(Sc1nc2sccc2c(=O)n1-c1ccccc1)C(=O)c1c[nH]c2ccccc12. The maximum absolute atomic E-state index is 13.2. The van der Waals surface area contributed by atoms with E-state index in [9.17, 15) is 9.59 Å². The molecular formula is C23H17N3O2S2. The molecule has 0 saturated carbocycles. The number of H-pyrrole nitrogens is 1. The lowest BCUT2D eigenvalue weighted by Crippen LogP contribution is -2.23. The van der Waals surface area contributed by atoms with Crippen molar-refractivity contribution in [3.8, 4) is 5.69 Å². The number of rotatable bonds is 5. The molecule has 0 spiro atoms. The fourth-order valence-electron chi connectivity index (χ4n) is 3.48. The van der Waals surface area contributed by atoms with Crippen molar-refractivity contribution in [2.45, 2.75) is 17.3 Å². The molecule has 0 bridgehead atoms. The van der Waals surface area contributed by atoms with Crippen molar-refractivity contribution in [1.82, 2.24) is 14.5 Å². The molecule has 5 nitrogen and oxygen atoms in total. The van der Waals surface area contributed by atoms with Crippen molar-refractivity contribution in [2.75, 3.05) is 0 Å². The van der Waals surface area contributed by atoms with E-state index < -0.39 is 5.25 Å². The molecule has 2 aromatic carbocycles. The molecule has 1 N–H and O–H groups in total. The zero-order chi connectivity index (χ0) is 20.7. The molecule has 30 heavy (non-hydrogen) atoms. The molecule has 0 amide bonds. The van der Waals surface area contributed by atoms with Crippen LogP contribution in [0.15, 0.2) is 82.2 Å². The molecule has 0 saturated heterocycles. The van der Waals surface area contributed by atoms with Gasteiger partial charge >= 0.3 is 0 Å². The fourth-order valence-corrected chi connectivity index (χ4v) is 5.28. The molecular weight excluding hydrogens is 414 g/mol. The zero-order valence-electron chi connectivity index (χ0n) is 16.0. The van der Waals surface area contributed by atoms with Gasteiger partial charge in [0, 0.05) is 22.7 Å². The maximum Gasteiger partial charge on any atom is 0.267 e. The second-order valence-electron chi connectivity index (χ2n) is 6.88. The van der Waals surface area contributed by atoms with Crippen LogP contribution >= 0.6 is 23.1 Å². The number of para-hydroxylation sites is 2. The van der Waals surface area contributed by atoms with E-state index in [-0.39, 0.29) is 11.3 Å². The maximum atomic E-state index is 13.2. The number of ketones is 1. The molecule has 0 aliphatic rings. The Morgan fingerprint density at radius 1 is 1.07 bits per heavy atom. The van der Waals surface area contributed by atoms with Crippen LogP contribution in [-0.2, 0) is 0 Å². The highest BCUT2D eigenvalue weighted by atomic mass is 32.2. The fraction of sp³-hybridized carbons (Fsp3) is 0.0870. The molecule has 0 radical (unpaired) electrons. The van der Waals surface area contributed by atoms with E-state index in [1.807, 2.05) is 66.9 Å². The number of hydrogen-bond donors (Lipinski definition) is 1. The Morgan fingerprint density at radius 2 is 1.83 bits per heavy atom. The number of aromatic amines is 1. The number of nitrogens with one attached hydrogen (secondary N) is 1. The normalized spacial score (nSPS) is 12.4. The van der Waals surface area contributed by atoms with Crippen molar-refractivity contribution < 1.29 is 4.79 Å². The zero-order valence-corrected chi connectivity index (χ0v) is 17.7. The van der Waals surface area contributed by atoms with Gasteiger partial charge < -0.3 is 4.98 Å². The summed E-state index contributed by atoms with van der Waals surface area (Å²) in [6.07, 6.45) is 1.75. The Kier molecular flexibility index (Phi) is 4.77. The van der Waals surface area contributed by atoms with Crippen molar-refractivity contribution in [2.24, 2.45) is 0 Å². The molecule has 5 aromatic rings. The van der Waals surface area contributed by atoms with E-state index >= 15 is 0 Å². The Balaban J connectivity index is 1.58. The minimum Gasteiger partial charge on any atom is -0.360 e. The predicted molar refractivity (Wildman–Crippen MR) is 123 cm³/mol. The molecule has 1 atom stereocenters. The number of carbonyl (C=O) groups is 1. The van der Waals surface area contributed by atoms with Crippen LogP contribution < -0.4 is 5.56 Å². The van der Waals surface area contributed by atoms with Gasteiger partial charge in [-0.2, -0.15) is 0 Å². The predicted octanol–water partition coefficient (Wildman–Crippen LogP) is 5.29. The molecule has 3 heterocycles. The average Bonchev–Trinajstić information content (AvgIpc) is 3.41. The summed E-state index contributed by atoms with van der Waals surface area (Å²) in [4.78, 5) is 35.0. The number of nitrogens with zero attached hydrogens (tertiary/aromatic N) is 2. The highest BCUT2D eigenvalue weighted by Crippen LogP contribution is 2.30. The first-order valence-electron chi connectivity index (χ1n) is 9.46. The third-order valence-electron chi connectivity index (χ3n) is 4.99. The average molecular weight is 432 g/mol. The van der Waals surface area contributed by atoms with E-state index in [4.69, 9.17) is 4.98 Å². The summed E-state index contributed by atoms with van der Waals surface area (Å²) in [5, 5.41) is 3.45. The smallest absolute Gasteiger partial charge is 0.267 e. The number of benzene rings is 2. The van der Waals surface area contributed by atoms with Crippen LogP contribution in [0.2, 0.25) is 0 Å². The number of thiophene rings is 1. The molecule has 7 heteroatoms. The Labute approximate surface area is 180 Å². The van der Waals surface area contributed by atoms with E-state index in [0.717, 1.165) is 16.6 Å². The Morgan fingerprint density at radius 3 is 2.67 bits per heavy atom. The van der Waals surface area contributed by atoms with E-state index in [1.165, 1.54) is 23.1 Å². The van der Waals surface area contributed by atoms with Crippen LogP contribution in [0.5, 0.6) is 0 Å². The van der Waals surface area contributed by atoms with E-state index in [2.05, 4.69) is 4.98 Å². The third-order valence-corrected chi connectivity index (χ3v) is 6.85. The van der Waals surface area contributed by atoms with Crippen LogP contribution in [-0.4, -0.2) is 25.6 Å². The van der Waals surface area contributed by atoms with Gasteiger partial charge in [0.1, 0.15) is 4.83 Å². The quantitative estimate of drug-likeness (QED) is 0.233. The van der Waals surface area contributed by atoms with Crippen LogP contribution in [0.3, 0.4) is 0 Å². The molecule has 0 aliphatic heterocycles. The molecule has 148 valence electrons. The van der Waals surface area contributed by atoms with Crippen molar-refractivity contribution >= 4 is 50.0 Å². The first-order chi connectivity index (χ1) is 14.6. The van der Waals surface area contributed by atoms with Crippen LogP contribution in [0.1, 0.15) is 17.3 Å². The molecule has 0 fully saturated rings. The third kappa shape index (κ3) is 3.16. The topological polar surface area (TPSA) is 67.8 Å². The molecule has 3 aromatic heterocycles. The second kappa shape index (κ2) is 7.59.